The number of pyridine rings is 2. The maximum Gasteiger partial charge on any atom is 0.410 e. The topological polar surface area (TPSA) is 104 Å². The van der Waals surface area contributed by atoms with Crippen molar-refractivity contribution in [2.45, 2.75) is 39.4 Å². The molecule has 0 bridgehead atoms. The van der Waals surface area contributed by atoms with E-state index in [0.717, 1.165) is 22.3 Å². The molecule has 32 heavy (non-hydrogen) atoms. The van der Waals surface area contributed by atoms with Crippen LogP contribution in [-0.2, 0) is 9.47 Å². The number of amides is 1. The quantitative estimate of drug-likeness (QED) is 0.665. The van der Waals surface area contributed by atoms with E-state index < -0.39 is 5.60 Å². The third-order valence-corrected chi connectivity index (χ3v) is 5.01. The standard InChI is InChI=1S/C23H29N5O4/c1-15-9-19(16-5-6-28-17(10-16)11-21(24)26-28)20(12-25-15)31-14-18-13-27(7-8-30-18)22(29)32-23(2,3)4/h5-6,9-12,18H,7-8,13-14H2,1-4H3,(H2,24,26). The van der Waals surface area contributed by atoms with Crippen LogP contribution in [0.3, 0.4) is 0 Å². The van der Waals surface area contributed by atoms with Crippen LogP contribution in [-0.4, -0.2) is 63.6 Å². The normalized spacial score (nSPS) is 16.9. The van der Waals surface area contributed by atoms with Crippen molar-refractivity contribution in [3.05, 3.63) is 42.4 Å². The van der Waals surface area contributed by atoms with Crippen LogP contribution in [0.4, 0.5) is 10.6 Å². The van der Waals surface area contributed by atoms with Gasteiger partial charge in [0.1, 0.15) is 29.9 Å². The minimum atomic E-state index is -0.537. The number of aryl methyl sites for hydroxylation is 1. The van der Waals surface area contributed by atoms with Crippen molar-refractivity contribution in [3.8, 4) is 16.9 Å². The fourth-order valence-corrected chi connectivity index (χ4v) is 3.56. The monoisotopic (exact) mass is 439 g/mol. The van der Waals surface area contributed by atoms with E-state index in [2.05, 4.69) is 10.1 Å². The van der Waals surface area contributed by atoms with E-state index in [9.17, 15) is 4.79 Å². The van der Waals surface area contributed by atoms with E-state index in [-0.39, 0.29) is 12.2 Å². The predicted octanol–water partition coefficient (Wildman–Crippen LogP) is 3.30. The molecule has 1 fully saturated rings. The van der Waals surface area contributed by atoms with Gasteiger partial charge < -0.3 is 24.8 Å². The Morgan fingerprint density at radius 3 is 2.91 bits per heavy atom. The second-order valence-electron chi connectivity index (χ2n) is 8.91. The second-order valence-corrected chi connectivity index (χ2v) is 8.91. The molecular formula is C23H29N5O4. The maximum atomic E-state index is 12.4. The van der Waals surface area contributed by atoms with E-state index in [1.807, 2.05) is 58.2 Å². The molecule has 0 aromatic carbocycles. The lowest BCUT2D eigenvalue weighted by Gasteiger charge is -2.34. The molecule has 4 heterocycles. The number of hydrogen-bond acceptors (Lipinski definition) is 7. The first-order valence-electron chi connectivity index (χ1n) is 10.6. The SMILES string of the molecule is Cc1cc(-c2ccn3nc(N)cc3c2)c(OCC2CN(C(=O)OC(C)(C)C)CCO2)cn1. The van der Waals surface area contributed by atoms with Gasteiger partial charge in [-0.1, -0.05) is 0 Å². The summed E-state index contributed by atoms with van der Waals surface area (Å²) in [5.74, 6) is 1.11. The molecule has 3 aromatic heterocycles. The minimum absolute atomic E-state index is 0.262. The first-order valence-corrected chi connectivity index (χ1v) is 10.6. The zero-order valence-corrected chi connectivity index (χ0v) is 18.9. The zero-order chi connectivity index (χ0) is 22.9. The van der Waals surface area contributed by atoms with Crippen molar-refractivity contribution in [2.24, 2.45) is 0 Å². The summed E-state index contributed by atoms with van der Waals surface area (Å²) in [5.41, 5.74) is 8.93. The molecule has 1 atom stereocenters. The molecule has 1 unspecified atom stereocenters. The molecule has 0 aliphatic carbocycles. The highest BCUT2D eigenvalue weighted by atomic mass is 16.6. The second kappa shape index (κ2) is 8.66. The van der Waals surface area contributed by atoms with Gasteiger partial charge in [-0.05, 0) is 51.5 Å². The number of fused-ring (bicyclic) bond motifs is 1. The zero-order valence-electron chi connectivity index (χ0n) is 18.9. The Bertz CT molecular complexity index is 1120. The molecule has 1 aliphatic heterocycles. The summed E-state index contributed by atoms with van der Waals surface area (Å²) in [6.07, 6.45) is 2.98. The van der Waals surface area contributed by atoms with Crippen LogP contribution in [0.5, 0.6) is 5.75 Å². The molecule has 2 N–H and O–H groups in total. The third kappa shape index (κ3) is 5.11. The van der Waals surface area contributed by atoms with Crippen LogP contribution >= 0.6 is 0 Å². The smallest absolute Gasteiger partial charge is 0.410 e. The number of carbonyl (C=O) groups is 1. The summed E-state index contributed by atoms with van der Waals surface area (Å²) in [4.78, 5) is 18.5. The fraction of sp³-hybridized carbons (Fsp3) is 0.435. The van der Waals surface area contributed by atoms with Gasteiger partial charge in [0.15, 0.2) is 0 Å². The molecule has 0 spiro atoms. The van der Waals surface area contributed by atoms with Gasteiger partial charge in [0.05, 0.1) is 24.9 Å². The van der Waals surface area contributed by atoms with Gasteiger partial charge in [0.2, 0.25) is 0 Å². The number of ether oxygens (including phenoxy) is 3. The Labute approximate surface area is 187 Å². The van der Waals surface area contributed by atoms with Crippen LogP contribution in [0.1, 0.15) is 26.5 Å². The molecule has 1 amide bonds. The van der Waals surface area contributed by atoms with Crippen molar-refractivity contribution in [3.63, 3.8) is 0 Å². The Morgan fingerprint density at radius 1 is 1.31 bits per heavy atom. The molecule has 9 heteroatoms. The van der Waals surface area contributed by atoms with E-state index >= 15 is 0 Å². The van der Waals surface area contributed by atoms with Gasteiger partial charge in [-0.25, -0.2) is 9.31 Å². The average molecular weight is 440 g/mol. The first-order chi connectivity index (χ1) is 15.2. The number of carbonyl (C=O) groups excluding carboxylic acids is 1. The van der Waals surface area contributed by atoms with Crippen molar-refractivity contribution >= 4 is 17.4 Å². The molecular weight excluding hydrogens is 410 g/mol. The van der Waals surface area contributed by atoms with Crippen molar-refractivity contribution in [1.29, 1.82) is 0 Å². The number of aromatic nitrogens is 3. The number of morpholine rings is 1. The lowest BCUT2D eigenvalue weighted by molar-refractivity contribution is -0.0556. The highest BCUT2D eigenvalue weighted by molar-refractivity contribution is 5.74. The van der Waals surface area contributed by atoms with Crippen LogP contribution < -0.4 is 10.5 Å². The lowest BCUT2D eigenvalue weighted by atomic mass is 10.1. The molecule has 9 nitrogen and oxygen atoms in total. The summed E-state index contributed by atoms with van der Waals surface area (Å²) in [6, 6.07) is 7.77. The van der Waals surface area contributed by atoms with Crippen molar-refractivity contribution < 1.29 is 19.0 Å². The molecule has 1 saturated heterocycles. The summed E-state index contributed by atoms with van der Waals surface area (Å²) in [6.45, 7) is 9.13. The Kier molecular flexibility index (Phi) is 5.92. The van der Waals surface area contributed by atoms with E-state index in [1.54, 1.807) is 15.6 Å². The number of anilines is 1. The van der Waals surface area contributed by atoms with Crippen LogP contribution in [0, 0.1) is 6.92 Å². The van der Waals surface area contributed by atoms with Gasteiger partial charge >= 0.3 is 6.09 Å². The summed E-state index contributed by atoms with van der Waals surface area (Å²) >= 11 is 0. The lowest BCUT2D eigenvalue weighted by Crippen LogP contribution is -2.49. The Balaban J connectivity index is 1.48. The van der Waals surface area contributed by atoms with Crippen LogP contribution in [0.2, 0.25) is 0 Å². The van der Waals surface area contributed by atoms with E-state index in [4.69, 9.17) is 19.9 Å². The number of nitrogen functional groups attached to an aromatic ring is 1. The average Bonchev–Trinajstić information content (AvgIpc) is 3.11. The van der Waals surface area contributed by atoms with E-state index in [0.29, 0.717) is 37.9 Å². The highest BCUT2D eigenvalue weighted by Gasteiger charge is 2.28. The predicted molar refractivity (Wildman–Crippen MR) is 121 cm³/mol. The third-order valence-electron chi connectivity index (χ3n) is 5.01. The molecule has 170 valence electrons. The van der Waals surface area contributed by atoms with Gasteiger partial charge in [0.25, 0.3) is 0 Å². The Morgan fingerprint density at radius 2 is 2.12 bits per heavy atom. The maximum absolute atomic E-state index is 12.4. The molecule has 4 rings (SSSR count). The fourth-order valence-electron chi connectivity index (χ4n) is 3.56. The number of nitrogens with two attached hydrogens (primary N) is 1. The first kappa shape index (κ1) is 21.9. The Hall–Kier alpha value is -3.33. The minimum Gasteiger partial charge on any atom is -0.489 e. The van der Waals surface area contributed by atoms with Crippen LogP contribution in [0.15, 0.2) is 36.7 Å². The number of rotatable bonds is 4. The van der Waals surface area contributed by atoms with Crippen molar-refractivity contribution in [2.75, 3.05) is 32.0 Å². The van der Waals surface area contributed by atoms with Gasteiger partial charge in [-0.15, -0.1) is 0 Å². The summed E-state index contributed by atoms with van der Waals surface area (Å²) in [7, 11) is 0. The van der Waals surface area contributed by atoms with Gasteiger partial charge in [-0.3, -0.25) is 4.98 Å². The summed E-state index contributed by atoms with van der Waals surface area (Å²) in [5, 5.41) is 4.22. The van der Waals surface area contributed by atoms with Crippen LogP contribution in [0.25, 0.3) is 16.6 Å². The molecule has 0 radical (unpaired) electrons. The number of nitrogens with zero attached hydrogens (tertiary/aromatic N) is 4. The molecule has 1 aliphatic rings. The number of hydrogen-bond donors (Lipinski definition) is 1. The summed E-state index contributed by atoms with van der Waals surface area (Å²) < 4.78 is 19.1. The van der Waals surface area contributed by atoms with Gasteiger partial charge in [-0.2, -0.15) is 5.10 Å². The van der Waals surface area contributed by atoms with Gasteiger partial charge in [0, 0.05) is 30.1 Å². The largest absolute Gasteiger partial charge is 0.489 e. The van der Waals surface area contributed by atoms with E-state index in [1.165, 1.54) is 0 Å². The molecule has 3 aromatic rings. The highest BCUT2D eigenvalue weighted by Crippen LogP contribution is 2.31. The molecule has 0 saturated carbocycles. The van der Waals surface area contributed by atoms with Crippen molar-refractivity contribution in [1.82, 2.24) is 19.5 Å².